The molecule has 3 aromatic carbocycles. The molecule has 0 unspecified atom stereocenters. The summed E-state index contributed by atoms with van der Waals surface area (Å²) < 4.78 is 32.4. The van der Waals surface area contributed by atoms with E-state index in [-0.39, 0.29) is 11.5 Å². The van der Waals surface area contributed by atoms with Crippen LogP contribution in [0.5, 0.6) is 17.2 Å². The van der Waals surface area contributed by atoms with E-state index in [1.807, 2.05) is 31.2 Å². The molecule has 0 bridgehead atoms. The van der Waals surface area contributed by atoms with Gasteiger partial charge in [-0.1, -0.05) is 41.6 Å². The third kappa shape index (κ3) is 5.00. The van der Waals surface area contributed by atoms with E-state index in [0.29, 0.717) is 39.4 Å². The molecule has 0 amide bonds. The first-order valence-corrected chi connectivity index (χ1v) is 11.7. The van der Waals surface area contributed by atoms with Crippen molar-refractivity contribution in [3.63, 3.8) is 0 Å². The standard InChI is InChI=1S/C26H24FN3O4S/c1-16-9-11-18(12-10-16)30-25(19-7-5-6-8-20(19)27)28-29-26(30)35-15-21(31)17-13-22(32-2)24(34-4)23(14-17)33-3/h5-14H,15H2,1-4H3. The Morgan fingerprint density at radius 2 is 1.60 bits per heavy atom. The lowest BCUT2D eigenvalue weighted by atomic mass is 10.1. The highest BCUT2D eigenvalue weighted by molar-refractivity contribution is 7.99. The Balaban J connectivity index is 1.68. The molecule has 0 fully saturated rings. The molecule has 35 heavy (non-hydrogen) atoms. The van der Waals surface area contributed by atoms with Gasteiger partial charge in [0.2, 0.25) is 5.75 Å². The molecule has 1 heterocycles. The van der Waals surface area contributed by atoms with Gasteiger partial charge in [-0.05, 0) is 43.3 Å². The molecule has 0 saturated heterocycles. The number of methoxy groups -OCH3 is 3. The van der Waals surface area contributed by atoms with Gasteiger partial charge in [-0.15, -0.1) is 10.2 Å². The molecule has 0 atom stereocenters. The summed E-state index contributed by atoms with van der Waals surface area (Å²) in [5.74, 6) is 1.05. The minimum atomic E-state index is -0.404. The molecule has 0 aliphatic carbocycles. The van der Waals surface area contributed by atoms with Gasteiger partial charge in [-0.2, -0.15) is 0 Å². The molecule has 0 aliphatic rings. The van der Waals surface area contributed by atoms with Crippen molar-refractivity contribution in [2.24, 2.45) is 0 Å². The van der Waals surface area contributed by atoms with Crippen molar-refractivity contribution in [1.29, 1.82) is 0 Å². The highest BCUT2D eigenvalue weighted by atomic mass is 32.2. The second-order valence-corrected chi connectivity index (χ2v) is 8.53. The van der Waals surface area contributed by atoms with Crippen molar-refractivity contribution in [1.82, 2.24) is 14.8 Å². The van der Waals surface area contributed by atoms with Crippen LogP contribution in [0.1, 0.15) is 15.9 Å². The fourth-order valence-electron chi connectivity index (χ4n) is 3.56. The fraction of sp³-hybridized carbons (Fsp3) is 0.192. The van der Waals surface area contributed by atoms with Gasteiger partial charge >= 0.3 is 0 Å². The molecular formula is C26H24FN3O4S. The van der Waals surface area contributed by atoms with Gasteiger partial charge in [0.25, 0.3) is 0 Å². The van der Waals surface area contributed by atoms with Crippen molar-refractivity contribution in [2.45, 2.75) is 12.1 Å². The summed E-state index contributed by atoms with van der Waals surface area (Å²) in [6, 6.07) is 17.3. The van der Waals surface area contributed by atoms with E-state index in [2.05, 4.69) is 10.2 Å². The first kappa shape index (κ1) is 24.3. The number of hydrogen-bond acceptors (Lipinski definition) is 7. The van der Waals surface area contributed by atoms with E-state index in [9.17, 15) is 9.18 Å². The zero-order valence-corrected chi connectivity index (χ0v) is 20.6. The SMILES string of the molecule is COc1cc(C(=O)CSc2nnc(-c3ccccc3F)n2-c2ccc(C)cc2)cc(OC)c1OC. The lowest BCUT2D eigenvalue weighted by Crippen LogP contribution is -2.07. The molecule has 9 heteroatoms. The van der Waals surface area contributed by atoms with Crippen molar-refractivity contribution in [3.05, 3.63) is 77.6 Å². The number of hydrogen-bond donors (Lipinski definition) is 0. The Morgan fingerprint density at radius 3 is 2.20 bits per heavy atom. The Bertz CT molecular complexity index is 1330. The number of thioether (sulfide) groups is 1. The van der Waals surface area contributed by atoms with Gasteiger partial charge in [0.05, 0.1) is 32.6 Å². The number of halogens is 1. The fourth-order valence-corrected chi connectivity index (χ4v) is 4.41. The summed E-state index contributed by atoms with van der Waals surface area (Å²) in [6.45, 7) is 1.99. The van der Waals surface area contributed by atoms with Gasteiger partial charge in [0.15, 0.2) is 28.3 Å². The maximum atomic E-state index is 14.6. The molecule has 0 radical (unpaired) electrons. The predicted molar refractivity (Wildman–Crippen MR) is 133 cm³/mol. The maximum Gasteiger partial charge on any atom is 0.203 e. The second kappa shape index (κ2) is 10.6. The van der Waals surface area contributed by atoms with Crippen molar-refractivity contribution >= 4 is 17.5 Å². The molecule has 0 N–H and O–H groups in total. The van der Waals surface area contributed by atoms with Crippen LogP contribution in [0, 0.1) is 12.7 Å². The number of carbonyl (C=O) groups excluding carboxylic acids is 1. The molecule has 1 aromatic heterocycles. The Morgan fingerprint density at radius 1 is 0.943 bits per heavy atom. The van der Waals surface area contributed by atoms with Crippen LogP contribution in [-0.2, 0) is 0 Å². The third-order valence-electron chi connectivity index (χ3n) is 5.36. The molecule has 0 spiro atoms. The summed E-state index contributed by atoms with van der Waals surface area (Å²) >= 11 is 1.21. The van der Waals surface area contributed by atoms with Crippen LogP contribution in [0.3, 0.4) is 0 Å². The third-order valence-corrected chi connectivity index (χ3v) is 6.29. The van der Waals surface area contributed by atoms with E-state index in [4.69, 9.17) is 14.2 Å². The zero-order valence-electron chi connectivity index (χ0n) is 19.7. The number of aromatic nitrogens is 3. The van der Waals surface area contributed by atoms with Gasteiger partial charge in [0.1, 0.15) is 5.82 Å². The van der Waals surface area contributed by atoms with Crippen LogP contribution >= 0.6 is 11.8 Å². The van der Waals surface area contributed by atoms with E-state index in [1.54, 1.807) is 34.9 Å². The minimum absolute atomic E-state index is 0.0693. The van der Waals surface area contributed by atoms with Crippen LogP contribution in [0.15, 0.2) is 65.8 Å². The lowest BCUT2D eigenvalue weighted by molar-refractivity contribution is 0.102. The molecule has 0 saturated carbocycles. The normalized spacial score (nSPS) is 10.8. The molecular weight excluding hydrogens is 469 g/mol. The second-order valence-electron chi connectivity index (χ2n) is 7.58. The number of Topliss-reactive ketones (excluding diaryl/α,β-unsaturated/α-hetero) is 1. The Labute approximate surface area is 206 Å². The first-order valence-electron chi connectivity index (χ1n) is 10.7. The van der Waals surface area contributed by atoms with Crippen LogP contribution < -0.4 is 14.2 Å². The molecule has 7 nitrogen and oxygen atoms in total. The highest BCUT2D eigenvalue weighted by Crippen LogP contribution is 2.39. The van der Waals surface area contributed by atoms with Crippen molar-refractivity contribution < 1.29 is 23.4 Å². The number of ether oxygens (including phenoxy) is 3. The summed E-state index contributed by atoms with van der Waals surface area (Å²) in [6.07, 6.45) is 0. The van der Waals surface area contributed by atoms with E-state index in [1.165, 1.54) is 39.2 Å². The Hall–Kier alpha value is -3.85. The first-order chi connectivity index (χ1) is 17.0. The van der Waals surface area contributed by atoms with Crippen LogP contribution in [0.25, 0.3) is 17.1 Å². The smallest absolute Gasteiger partial charge is 0.203 e. The van der Waals surface area contributed by atoms with Gasteiger partial charge in [-0.25, -0.2) is 4.39 Å². The number of aryl methyl sites for hydroxylation is 1. The molecule has 4 aromatic rings. The van der Waals surface area contributed by atoms with Crippen molar-refractivity contribution in [2.75, 3.05) is 27.1 Å². The number of carbonyl (C=O) groups is 1. The minimum Gasteiger partial charge on any atom is -0.493 e. The van der Waals surface area contributed by atoms with Crippen LogP contribution in [-0.4, -0.2) is 47.6 Å². The predicted octanol–water partition coefficient (Wildman–Crippen LogP) is 5.38. The summed E-state index contributed by atoms with van der Waals surface area (Å²) in [7, 11) is 4.49. The van der Waals surface area contributed by atoms with E-state index < -0.39 is 5.82 Å². The number of rotatable bonds is 9. The lowest BCUT2D eigenvalue weighted by Gasteiger charge is -2.14. The maximum absolute atomic E-state index is 14.6. The largest absolute Gasteiger partial charge is 0.493 e. The zero-order chi connectivity index (χ0) is 24.9. The number of ketones is 1. The summed E-state index contributed by atoms with van der Waals surface area (Å²) in [5.41, 5.74) is 2.58. The molecule has 0 aliphatic heterocycles. The quantitative estimate of drug-likeness (QED) is 0.229. The van der Waals surface area contributed by atoms with E-state index in [0.717, 1.165) is 11.3 Å². The topological polar surface area (TPSA) is 75.5 Å². The Kier molecular flexibility index (Phi) is 7.36. The van der Waals surface area contributed by atoms with Gasteiger partial charge in [0, 0.05) is 11.3 Å². The summed E-state index contributed by atoms with van der Waals surface area (Å²) in [5, 5.41) is 9.00. The number of nitrogens with zero attached hydrogens (tertiary/aromatic N) is 3. The highest BCUT2D eigenvalue weighted by Gasteiger charge is 2.21. The number of benzene rings is 3. The molecule has 4 rings (SSSR count). The summed E-state index contributed by atoms with van der Waals surface area (Å²) in [4.78, 5) is 13.1. The average molecular weight is 494 g/mol. The van der Waals surface area contributed by atoms with Gasteiger partial charge in [-0.3, -0.25) is 9.36 Å². The monoisotopic (exact) mass is 493 g/mol. The van der Waals surface area contributed by atoms with Crippen molar-refractivity contribution in [3.8, 4) is 34.3 Å². The average Bonchev–Trinajstić information content (AvgIpc) is 3.30. The van der Waals surface area contributed by atoms with Crippen LogP contribution in [0.2, 0.25) is 0 Å². The van der Waals surface area contributed by atoms with Gasteiger partial charge < -0.3 is 14.2 Å². The van der Waals surface area contributed by atoms with E-state index >= 15 is 0 Å². The van der Waals surface area contributed by atoms with Crippen LogP contribution in [0.4, 0.5) is 4.39 Å². The molecule has 180 valence electrons.